The van der Waals surface area contributed by atoms with E-state index in [4.69, 9.17) is 0 Å². The lowest BCUT2D eigenvalue weighted by molar-refractivity contribution is 0.0783. The number of benzene rings is 1. The van der Waals surface area contributed by atoms with Crippen molar-refractivity contribution < 1.29 is 4.79 Å². The van der Waals surface area contributed by atoms with Gasteiger partial charge in [0.25, 0.3) is 5.91 Å². The summed E-state index contributed by atoms with van der Waals surface area (Å²) < 4.78 is 3.15. The molecular weight excluding hydrogens is 409 g/mol. The van der Waals surface area contributed by atoms with Crippen LogP contribution in [-0.4, -0.2) is 27.2 Å². The molecule has 6 heteroatoms. The maximum atomic E-state index is 12.6. The van der Waals surface area contributed by atoms with Gasteiger partial charge in [0, 0.05) is 27.3 Å². The van der Waals surface area contributed by atoms with Gasteiger partial charge in [0.1, 0.15) is 0 Å². The van der Waals surface area contributed by atoms with Crippen molar-refractivity contribution in [1.29, 1.82) is 0 Å². The summed E-state index contributed by atoms with van der Waals surface area (Å²) in [7, 11) is 1.83. The number of hydrogen-bond acceptors (Lipinski definition) is 3. The second kappa shape index (κ2) is 6.00. The highest BCUT2D eigenvalue weighted by atomic mass is 127. The fourth-order valence-corrected chi connectivity index (χ4v) is 3.87. The number of fused-ring (bicyclic) bond motifs is 1. The first-order valence-corrected chi connectivity index (χ1v) is 8.80. The lowest BCUT2D eigenvalue weighted by Crippen LogP contribution is -2.27. The molecule has 1 amide bonds. The minimum absolute atomic E-state index is 0.0276. The lowest BCUT2D eigenvalue weighted by atomic mass is 10.2. The van der Waals surface area contributed by atoms with E-state index in [1.807, 2.05) is 38.2 Å². The van der Waals surface area contributed by atoms with Crippen LogP contribution in [-0.2, 0) is 6.54 Å². The van der Waals surface area contributed by atoms with E-state index < -0.39 is 0 Å². The molecule has 0 aliphatic heterocycles. The number of hydrogen-bond donors (Lipinski definition) is 0. The molecule has 1 aromatic carbocycles. The van der Waals surface area contributed by atoms with Gasteiger partial charge in [0.15, 0.2) is 4.96 Å². The standard InChI is InChI=1S/C16H16IN3OS/c1-10-8-20-14(11(2)18-16(20)22-10)9-19(3)15(21)12-5-4-6-13(17)7-12/h4-8H,9H2,1-3H3. The summed E-state index contributed by atoms with van der Waals surface area (Å²) >= 11 is 3.89. The Bertz CT molecular complexity index is 852. The summed E-state index contributed by atoms with van der Waals surface area (Å²) in [4.78, 5) is 21.1. The normalized spacial score (nSPS) is 11.1. The third kappa shape index (κ3) is 2.89. The molecule has 114 valence electrons. The number of imidazole rings is 1. The van der Waals surface area contributed by atoms with Gasteiger partial charge in [-0.3, -0.25) is 9.20 Å². The SMILES string of the molecule is Cc1cn2c(CN(C)C(=O)c3cccc(I)c3)c(C)nc2s1. The van der Waals surface area contributed by atoms with Gasteiger partial charge in [-0.05, 0) is 54.6 Å². The Morgan fingerprint density at radius 2 is 2.18 bits per heavy atom. The van der Waals surface area contributed by atoms with Crippen LogP contribution in [0.5, 0.6) is 0 Å². The van der Waals surface area contributed by atoms with Gasteiger partial charge in [-0.15, -0.1) is 11.3 Å². The number of carbonyl (C=O) groups is 1. The second-order valence-electron chi connectivity index (χ2n) is 5.31. The molecule has 0 saturated carbocycles. The van der Waals surface area contributed by atoms with Crippen molar-refractivity contribution in [1.82, 2.24) is 14.3 Å². The fourth-order valence-electron chi connectivity index (χ4n) is 2.44. The van der Waals surface area contributed by atoms with Crippen LogP contribution in [0.4, 0.5) is 0 Å². The predicted octanol–water partition coefficient (Wildman–Crippen LogP) is 3.89. The van der Waals surface area contributed by atoms with Crippen molar-refractivity contribution in [2.75, 3.05) is 7.05 Å². The van der Waals surface area contributed by atoms with Crippen LogP contribution in [0.1, 0.15) is 26.6 Å². The minimum atomic E-state index is 0.0276. The number of amides is 1. The molecule has 0 unspecified atom stereocenters. The van der Waals surface area contributed by atoms with Crippen LogP contribution >= 0.6 is 33.9 Å². The average molecular weight is 425 g/mol. The highest BCUT2D eigenvalue weighted by molar-refractivity contribution is 14.1. The maximum Gasteiger partial charge on any atom is 0.253 e. The quantitative estimate of drug-likeness (QED) is 0.598. The van der Waals surface area contributed by atoms with Crippen LogP contribution in [0, 0.1) is 17.4 Å². The molecule has 2 aromatic heterocycles. The van der Waals surface area contributed by atoms with Gasteiger partial charge in [0.2, 0.25) is 0 Å². The van der Waals surface area contributed by atoms with E-state index in [0.717, 1.165) is 19.9 Å². The molecule has 0 atom stereocenters. The van der Waals surface area contributed by atoms with Gasteiger partial charge in [0.05, 0.1) is 17.9 Å². The number of aromatic nitrogens is 2. The number of thiazole rings is 1. The largest absolute Gasteiger partial charge is 0.336 e. The summed E-state index contributed by atoms with van der Waals surface area (Å²) in [5, 5.41) is 0. The molecule has 0 N–H and O–H groups in total. The molecule has 2 heterocycles. The molecule has 22 heavy (non-hydrogen) atoms. The van der Waals surface area contributed by atoms with E-state index in [-0.39, 0.29) is 5.91 Å². The molecular formula is C16H16IN3OS. The van der Waals surface area contributed by atoms with Crippen molar-refractivity contribution >= 4 is 44.8 Å². The Balaban J connectivity index is 1.88. The Kier molecular flexibility index (Phi) is 4.22. The van der Waals surface area contributed by atoms with Gasteiger partial charge in [-0.2, -0.15) is 0 Å². The maximum absolute atomic E-state index is 12.6. The number of aryl methyl sites for hydroxylation is 2. The molecule has 0 fully saturated rings. The smallest absolute Gasteiger partial charge is 0.253 e. The summed E-state index contributed by atoms with van der Waals surface area (Å²) in [6.07, 6.45) is 2.08. The third-order valence-electron chi connectivity index (χ3n) is 3.55. The summed E-state index contributed by atoms with van der Waals surface area (Å²) in [5.41, 5.74) is 2.77. The first-order valence-electron chi connectivity index (χ1n) is 6.90. The molecule has 0 saturated heterocycles. The topological polar surface area (TPSA) is 37.6 Å². The number of rotatable bonds is 3. The van der Waals surface area contributed by atoms with Crippen molar-refractivity contribution in [3.8, 4) is 0 Å². The second-order valence-corrected chi connectivity index (χ2v) is 7.77. The van der Waals surface area contributed by atoms with E-state index in [9.17, 15) is 4.79 Å². The zero-order chi connectivity index (χ0) is 15.9. The van der Waals surface area contributed by atoms with Crippen molar-refractivity contribution in [2.24, 2.45) is 0 Å². The monoisotopic (exact) mass is 425 g/mol. The van der Waals surface area contributed by atoms with E-state index in [2.05, 4.69) is 45.1 Å². The highest BCUT2D eigenvalue weighted by Gasteiger charge is 2.17. The van der Waals surface area contributed by atoms with Gasteiger partial charge in [-0.25, -0.2) is 4.98 Å². The first-order chi connectivity index (χ1) is 10.5. The van der Waals surface area contributed by atoms with Crippen LogP contribution in [0.2, 0.25) is 0 Å². The number of nitrogens with zero attached hydrogens (tertiary/aromatic N) is 3. The van der Waals surface area contributed by atoms with E-state index in [1.54, 1.807) is 16.2 Å². The minimum Gasteiger partial charge on any atom is -0.336 e. The van der Waals surface area contributed by atoms with E-state index >= 15 is 0 Å². The average Bonchev–Trinajstić information content (AvgIpc) is 2.95. The van der Waals surface area contributed by atoms with Gasteiger partial charge < -0.3 is 4.90 Å². The molecule has 0 radical (unpaired) electrons. The van der Waals surface area contributed by atoms with Crippen LogP contribution in [0.3, 0.4) is 0 Å². The highest BCUT2D eigenvalue weighted by Crippen LogP contribution is 2.22. The molecule has 3 aromatic rings. The molecule has 0 spiro atoms. The van der Waals surface area contributed by atoms with Crippen LogP contribution in [0.15, 0.2) is 30.5 Å². The zero-order valence-corrected chi connectivity index (χ0v) is 15.6. The summed E-state index contributed by atoms with van der Waals surface area (Å²) in [6.45, 7) is 4.61. The Morgan fingerprint density at radius 1 is 1.41 bits per heavy atom. The molecule has 0 bridgehead atoms. The summed E-state index contributed by atoms with van der Waals surface area (Å²) in [6, 6.07) is 7.66. The Hall–Kier alpha value is -1.41. The summed E-state index contributed by atoms with van der Waals surface area (Å²) in [5.74, 6) is 0.0276. The van der Waals surface area contributed by atoms with Crippen molar-refractivity contribution in [3.63, 3.8) is 0 Å². The Labute approximate surface area is 146 Å². The van der Waals surface area contributed by atoms with Crippen LogP contribution in [0.25, 0.3) is 4.96 Å². The fraction of sp³-hybridized carbons (Fsp3) is 0.250. The van der Waals surface area contributed by atoms with Gasteiger partial charge >= 0.3 is 0 Å². The molecule has 4 nitrogen and oxygen atoms in total. The molecule has 0 aliphatic rings. The van der Waals surface area contributed by atoms with Gasteiger partial charge in [-0.1, -0.05) is 6.07 Å². The van der Waals surface area contributed by atoms with Crippen molar-refractivity contribution in [2.45, 2.75) is 20.4 Å². The van der Waals surface area contributed by atoms with E-state index in [0.29, 0.717) is 12.1 Å². The molecule has 0 aliphatic carbocycles. The third-order valence-corrected chi connectivity index (χ3v) is 5.12. The Morgan fingerprint density at radius 3 is 2.91 bits per heavy atom. The van der Waals surface area contributed by atoms with Crippen molar-refractivity contribution in [3.05, 3.63) is 55.9 Å². The zero-order valence-electron chi connectivity index (χ0n) is 12.6. The lowest BCUT2D eigenvalue weighted by Gasteiger charge is -2.17. The number of carbonyl (C=O) groups excluding carboxylic acids is 1. The van der Waals surface area contributed by atoms with Crippen LogP contribution < -0.4 is 0 Å². The first kappa shape index (κ1) is 15.5. The van der Waals surface area contributed by atoms with E-state index in [1.165, 1.54) is 4.88 Å². The number of halogens is 1. The predicted molar refractivity (Wildman–Crippen MR) is 97.5 cm³/mol. The molecule has 3 rings (SSSR count).